The first-order valence-corrected chi connectivity index (χ1v) is 7.78. The highest BCUT2D eigenvalue weighted by molar-refractivity contribution is 6.34. The van der Waals surface area contributed by atoms with Gasteiger partial charge >= 0.3 is 0 Å². The number of benzene rings is 1. The van der Waals surface area contributed by atoms with E-state index in [4.69, 9.17) is 22.7 Å². The van der Waals surface area contributed by atoms with E-state index in [0.717, 1.165) is 18.8 Å². The molecule has 0 aliphatic carbocycles. The van der Waals surface area contributed by atoms with Crippen LogP contribution in [0.15, 0.2) is 18.2 Å². The maximum absolute atomic E-state index is 7.47. The number of nitrogen functional groups attached to an aromatic ring is 1. The van der Waals surface area contributed by atoms with Crippen molar-refractivity contribution >= 4 is 23.1 Å². The lowest BCUT2D eigenvalue weighted by molar-refractivity contribution is 0.199. The van der Waals surface area contributed by atoms with E-state index in [1.54, 1.807) is 0 Å². The number of halogens is 1. The van der Waals surface area contributed by atoms with Crippen molar-refractivity contribution in [3.8, 4) is 0 Å². The van der Waals surface area contributed by atoms with Gasteiger partial charge in [-0.3, -0.25) is 5.41 Å². The molecule has 3 nitrogen and oxygen atoms in total. The molecule has 0 spiro atoms. The second-order valence-corrected chi connectivity index (χ2v) is 6.18. The quantitative estimate of drug-likeness (QED) is 0.650. The molecule has 1 heterocycles. The molecule has 1 aromatic rings. The summed E-state index contributed by atoms with van der Waals surface area (Å²) in [5.41, 5.74) is 7.78. The minimum atomic E-state index is 0.0242. The van der Waals surface area contributed by atoms with Gasteiger partial charge in [0.15, 0.2) is 0 Å². The van der Waals surface area contributed by atoms with Crippen LogP contribution in [-0.4, -0.2) is 18.9 Å². The third-order valence-corrected chi connectivity index (χ3v) is 5.24. The molecular formula is C16H24ClN3. The molecule has 1 saturated heterocycles. The van der Waals surface area contributed by atoms with Crippen molar-refractivity contribution in [2.75, 3.05) is 18.0 Å². The van der Waals surface area contributed by atoms with Crippen LogP contribution in [0.1, 0.15) is 45.1 Å². The van der Waals surface area contributed by atoms with Gasteiger partial charge in [0.25, 0.3) is 0 Å². The minimum Gasteiger partial charge on any atom is -0.384 e. The molecule has 1 aliphatic rings. The van der Waals surface area contributed by atoms with E-state index in [-0.39, 0.29) is 5.84 Å². The maximum Gasteiger partial charge on any atom is 0.124 e. The van der Waals surface area contributed by atoms with Crippen molar-refractivity contribution in [2.24, 2.45) is 11.1 Å². The Labute approximate surface area is 126 Å². The first kappa shape index (κ1) is 15.2. The lowest BCUT2D eigenvalue weighted by atomic mass is 9.74. The number of anilines is 1. The van der Waals surface area contributed by atoms with Crippen molar-refractivity contribution < 1.29 is 0 Å². The Morgan fingerprint density at radius 1 is 1.30 bits per heavy atom. The van der Waals surface area contributed by atoms with E-state index in [1.807, 2.05) is 18.2 Å². The summed E-state index contributed by atoms with van der Waals surface area (Å²) in [6, 6.07) is 5.80. The predicted octanol–water partition coefficient (Wildman–Crippen LogP) is 4.03. The lowest BCUT2D eigenvalue weighted by Crippen LogP contribution is -2.39. The first-order valence-electron chi connectivity index (χ1n) is 7.40. The maximum atomic E-state index is 7.47. The Kier molecular flexibility index (Phi) is 4.59. The third kappa shape index (κ3) is 2.93. The van der Waals surface area contributed by atoms with Crippen molar-refractivity contribution in [3.05, 3.63) is 28.8 Å². The van der Waals surface area contributed by atoms with Crippen LogP contribution in [0.5, 0.6) is 0 Å². The van der Waals surface area contributed by atoms with Crippen molar-refractivity contribution in [1.82, 2.24) is 0 Å². The van der Waals surface area contributed by atoms with Gasteiger partial charge in [0.2, 0.25) is 0 Å². The molecule has 0 atom stereocenters. The van der Waals surface area contributed by atoms with E-state index >= 15 is 0 Å². The van der Waals surface area contributed by atoms with Crippen LogP contribution in [0.25, 0.3) is 0 Å². The van der Waals surface area contributed by atoms with E-state index in [9.17, 15) is 0 Å². The largest absolute Gasteiger partial charge is 0.384 e. The van der Waals surface area contributed by atoms with Crippen LogP contribution in [-0.2, 0) is 0 Å². The Morgan fingerprint density at radius 3 is 2.35 bits per heavy atom. The fraction of sp³-hybridized carbons (Fsp3) is 0.562. The van der Waals surface area contributed by atoms with Gasteiger partial charge in [-0.2, -0.15) is 0 Å². The van der Waals surface area contributed by atoms with Gasteiger partial charge in [-0.15, -0.1) is 0 Å². The molecule has 3 N–H and O–H groups in total. The molecular weight excluding hydrogens is 270 g/mol. The second-order valence-electron chi connectivity index (χ2n) is 5.77. The summed E-state index contributed by atoms with van der Waals surface area (Å²) in [4.78, 5) is 2.39. The third-order valence-electron chi connectivity index (χ3n) is 4.93. The molecule has 0 bridgehead atoms. The monoisotopic (exact) mass is 293 g/mol. The zero-order valence-electron chi connectivity index (χ0n) is 12.4. The average Bonchev–Trinajstić information content (AvgIpc) is 2.47. The average molecular weight is 294 g/mol. The number of rotatable bonds is 4. The number of hydrogen-bond acceptors (Lipinski definition) is 2. The van der Waals surface area contributed by atoms with Gasteiger partial charge in [0.1, 0.15) is 5.84 Å². The summed E-state index contributed by atoms with van der Waals surface area (Å²) in [6.07, 6.45) is 5.01. The zero-order chi connectivity index (χ0) is 14.8. The highest BCUT2D eigenvalue weighted by atomic mass is 35.5. The SMILES string of the molecule is CCC1(CC)CCN(c2ccc(C(=N)N)c(Cl)c2)CC1. The van der Waals surface area contributed by atoms with Crippen molar-refractivity contribution in [3.63, 3.8) is 0 Å². The van der Waals surface area contributed by atoms with Gasteiger partial charge in [-0.1, -0.05) is 38.3 Å². The molecule has 0 unspecified atom stereocenters. The number of nitrogens with one attached hydrogen (secondary N) is 1. The Morgan fingerprint density at radius 2 is 1.90 bits per heavy atom. The summed E-state index contributed by atoms with van der Waals surface area (Å²) in [6.45, 7) is 6.77. The molecule has 20 heavy (non-hydrogen) atoms. The van der Waals surface area contributed by atoms with Gasteiger partial charge < -0.3 is 10.6 Å². The molecule has 1 aliphatic heterocycles. The topological polar surface area (TPSA) is 53.1 Å². The number of hydrogen-bond donors (Lipinski definition) is 2. The van der Waals surface area contributed by atoms with Gasteiger partial charge in [0.05, 0.1) is 5.02 Å². The number of nitrogens with zero attached hydrogens (tertiary/aromatic N) is 1. The summed E-state index contributed by atoms with van der Waals surface area (Å²) in [5.74, 6) is 0.0242. The fourth-order valence-corrected chi connectivity index (χ4v) is 3.39. The second kappa shape index (κ2) is 6.04. The smallest absolute Gasteiger partial charge is 0.124 e. The summed E-state index contributed by atoms with van der Waals surface area (Å²) in [7, 11) is 0. The fourth-order valence-electron chi connectivity index (χ4n) is 3.12. The summed E-state index contributed by atoms with van der Waals surface area (Å²) >= 11 is 6.21. The van der Waals surface area contributed by atoms with E-state index in [0.29, 0.717) is 16.0 Å². The highest BCUT2D eigenvalue weighted by Gasteiger charge is 2.31. The molecule has 2 rings (SSSR count). The molecule has 4 heteroatoms. The molecule has 0 aromatic heterocycles. The van der Waals surface area contributed by atoms with E-state index in [2.05, 4.69) is 18.7 Å². The van der Waals surface area contributed by atoms with Crippen LogP contribution >= 0.6 is 11.6 Å². The van der Waals surface area contributed by atoms with Gasteiger partial charge in [-0.25, -0.2) is 0 Å². The molecule has 0 saturated carbocycles. The van der Waals surface area contributed by atoms with Crippen molar-refractivity contribution in [1.29, 1.82) is 5.41 Å². The zero-order valence-corrected chi connectivity index (χ0v) is 13.1. The van der Waals surface area contributed by atoms with Crippen LogP contribution < -0.4 is 10.6 Å². The Hall–Kier alpha value is -1.22. The minimum absolute atomic E-state index is 0.0242. The molecule has 1 aromatic carbocycles. The van der Waals surface area contributed by atoms with Gasteiger partial charge in [0, 0.05) is 24.3 Å². The first-order chi connectivity index (χ1) is 9.51. The predicted molar refractivity (Wildman–Crippen MR) is 86.9 cm³/mol. The van der Waals surface area contributed by atoms with Crippen molar-refractivity contribution in [2.45, 2.75) is 39.5 Å². The standard InChI is InChI=1S/C16H24ClN3/c1-3-16(4-2)7-9-20(10-8-16)12-5-6-13(15(18)19)14(17)11-12/h5-6,11H,3-4,7-10H2,1-2H3,(H3,18,19). The van der Waals surface area contributed by atoms with E-state index in [1.165, 1.54) is 25.7 Å². The van der Waals surface area contributed by atoms with Crippen LogP contribution in [0.2, 0.25) is 5.02 Å². The molecule has 0 amide bonds. The lowest BCUT2D eigenvalue weighted by Gasteiger charge is -2.42. The van der Waals surface area contributed by atoms with E-state index < -0.39 is 0 Å². The van der Waals surface area contributed by atoms with Gasteiger partial charge in [-0.05, 0) is 36.5 Å². The number of nitrogens with two attached hydrogens (primary N) is 1. The van der Waals surface area contributed by atoms with Crippen LogP contribution in [0, 0.1) is 10.8 Å². The molecule has 1 fully saturated rings. The number of piperidine rings is 1. The van der Waals surface area contributed by atoms with Crippen LogP contribution in [0.4, 0.5) is 5.69 Å². The Bertz CT molecular complexity index is 484. The number of amidine groups is 1. The Balaban J connectivity index is 2.11. The summed E-state index contributed by atoms with van der Waals surface area (Å²) < 4.78 is 0. The molecule has 110 valence electrons. The highest BCUT2D eigenvalue weighted by Crippen LogP contribution is 2.39. The normalized spacial score (nSPS) is 18.1. The molecule has 0 radical (unpaired) electrons. The summed E-state index contributed by atoms with van der Waals surface area (Å²) in [5, 5.41) is 8.04. The van der Waals surface area contributed by atoms with Crippen LogP contribution in [0.3, 0.4) is 0 Å².